The van der Waals surface area contributed by atoms with Crippen molar-refractivity contribution < 1.29 is 4.79 Å². The largest absolute Gasteiger partial charge is 0.378 e. The van der Waals surface area contributed by atoms with Gasteiger partial charge in [0.1, 0.15) is 0 Å². The zero-order valence-corrected chi connectivity index (χ0v) is 9.20. The monoisotopic (exact) mass is 275 g/mol. The molecular weight excluding hydrogens is 265 g/mol. The Bertz CT molecular complexity index is 297. The van der Waals surface area contributed by atoms with Crippen LogP contribution in [0.4, 0.5) is 5.69 Å². The summed E-state index contributed by atoms with van der Waals surface area (Å²) in [6.45, 7) is 0. The lowest BCUT2D eigenvalue weighted by molar-refractivity contribution is 0.112. The highest BCUT2D eigenvalue weighted by Crippen LogP contribution is 2.17. The highest BCUT2D eigenvalue weighted by molar-refractivity contribution is 14.1. The third-order valence-corrected chi connectivity index (χ3v) is 2.61. The van der Waals surface area contributed by atoms with Crippen molar-refractivity contribution in [3.05, 3.63) is 27.3 Å². The molecule has 12 heavy (non-hydrogen) atoms. The fourth-order valence-electron chi connectivity index (χ4n) is 0.900. The van der Waals surface area contributed by atoms with E-state index >= 15 is 0 Å². The van der Waals surface area contributed by atoms with Gasteiger partial charge < -0.3 is 4.90 Å². The van der Waals surface area contributed by atoms with Crippen molar-refractivity contribution in [2.45, 2.75) is 0 Å². The maximum Gasteiger partial charge on any atom is 0.151 e. The number of benzene rings is 1. The molecule has 3 heteroatoms. The number of carbonyl (C=O) groups excluding carboxylic acids is 1. The van der Waals surface area contributed by atoms with Gasteiger partial charge in [-0.25, -0.2) is 0 Å². The van der Waals surface area contributed by atoms with Crippen LogP contribution in [-0.2, 0) is 0 Å². The molecule has 0 fully saturated rings. The summed E-state index contributed by atoms with van der Waals surface area (Å²) in [6.07, 6.45) is 0.884. The fourth-order valence-corrected chi connectivity index (χ4v) is 1.36. The smallest absolute Gasteiger partial charge is 0.151 e. The van der Waals surface area contributed by atoms with Gasteiger partial charge in [-0.2, -0.15) is 0 Å². The zero-order chi connectivity index (χ0) is 9.14. The van der Waals surface area contributed by atoms with E-state index in [1.807, 2.05) is 37.2 Å². The summed E-state index contributed by atoms with van der Waals surface area (Å²) < 4.78 is 0.994. The summed E-state index contributed by atoms with van der Waals surface area (Å²) >= 11 is 2.15. The van der Waals surface area contributed by atoms with E-state index in [1.165, 1.54) is 0 Å². The average Bonchev–Trinajstić information content (AvgIpc) is 2.05. The third kappa shape index (κ3) is 1.97. The first-order chi connectivity index (χ1) is 5.65. The first-order valence-electron chi connectivity index (χ1n) is 3.57. The molecule has 0 unspecified atom stereocenters. The Morgan fingerprint density at radius 2 is 2.08 bits per heavy atom. The lowest BCUT2D eigenvalue weighted by atomic mass is 10.2. The Hall–Kier alpha value is -0.580. The Balaban J connectivity index is 3.13. The maximum atomic E-state index is 10.6. The molecule has 2 nitrogen and oxygen atoms in total. The second-order valence-corrected chi connectivity index (χ2v) is 3.88. The Morgan fingerprint density at radius 3 is 2.58 bits per heavy atom. The van der Waals surface area contributed by atoms with Crippen LogP contribution in [0.25, 0.3) is 0 Å². The second-order valence-electron chi connectivity index (χ2n) is 2.72. The minimum Gasteiger partial charge on any atom is -0.378 e. The highest BCUT2D eigenvalue weighted by Gasteiger charge is 2.00. The summed E-state index contributed by atoms with van der Waals surface area (Å²) in [5.74, 6) is 0. The molecule has 1 rings (SSSR count). The van der Waals surface area contributed by atoms with E-state index in [1.54, 1.807) is 0 Å². The fraction of sp³-hybridized carbons (Fsp3) is 0.222. The predicted molar refractivity (Wildman–Crippen MR) is 58.9 cm³/mol. The van der Waals surface area contributed by atoms with Gasteiger partial charge in [-0.1, -0.05) is 0 Å². The lowest BCUT2D eigenvalue weighted by Gasteiger charge is -2.12. The van der Waals surface area contributed by atoms with Gasteiger partial charge in [0.2, 0.25) is 0 Å². The molecular formula is C9H10INO. The van der Waals surface area contributed by atoms with Crippen LogP contribution >= 0.6 is 22.6 Å². The van der Waals surface area contributed by atoms with Crippen molar-refractivity contribution >= 4 is 34.6 Å². The molecule has 0 amide bonds. The molecule has 1 aromatic rings. The lowest BCUT2D eigenvalue weighted by Crippen LogP contribution is -2.08. The van der Waals surface area contributed by atoms with Gasteiger partial charge in [-0.15, -0.1) is 0 Å². The van der Waals surface area contributed by atoms with E-state index in [0.717, 1.165) is 21.1 Å². The van der Waals surface area contributed by atoms with Gasteiger partial charge in [-0.05, 0) is 40.8 Å². The summed E-state index contributed by atoms with van der Waals surface area (Å²) in [7, 11) is 3.91. The third-order valence-electron chi connectivity index (χ3n) is 1.62. The average molecular weight is 275 g/mol. The number of hydrogen-bond donors (Lipinski definition) is 0. The topological polar surface area (TPSA) is 20.3 Å². The van der Waals surface area contributed by atoms with Crippen molar-refractivity contribution in [1.82, 2.24) is 0 Å². The first-order valence-corrected chi connectivity index (χ1v) is 4.65. The number of halogens is 1. The second kappa shape index (κ2) is 3.89. The molecule has 1 aromatic carbocycles. The van der Waals surface area contributed by atoms with Crippen LogP contribution in [-0.4, -0.2) is 20.4 Å². The van der Waals surface area contributed by atoms with Crippen LogP contribution in [0.2, 0.25) is 0 Å². The van der Waals surface area contributed by atoms with Crippen LogP contribution in [0.15, 0.2) is 18.2 Å². The van der Waals surface area contributed by atoms with Gasteiger partial charge >= 0.3 is 0 Å². The van der Waals surface area contributed by atoms with Crippen molar-refractivity contribution in [2.75, 3.05) is 19.0 Å². The van der Waals surface area contributed by atoms with Gasteiger partial charge in [0, 0.05) is 28.9 Å². The van der Waals surface area contributed by atoms with Gasteiger partial charge in [-0.3, -0.25) is 4.79 Å². The van der Waals surface area contributed by atoms with E-state index in [4.69, 9.17) is 0 Å². The summed E-state index contributed by atoms with van der Waals surface area (Å²) in [5, 5.41) is 0. The van der Waals surface area contributed by atoms with Gasteiger partial charge in [0.15, 0.2) is 6.29 Å². The number of hydrogen-bond acceptors (Lipinski definition) is 2. The highest BCUT2D eigenvalue weighted by atomic mass is 127. The van der Waals surface area contributed by atoms with Crippen LogP contribution in [0.5, 0.6) is 0 Å². The molecule has 0 aliphatic carbocycles. The molecule has 64 valence electrons. The number of rotatable bonds is 2. The van der Waals surface area contributed by atoms with E-state index in [0.29, 0.717) is 0 Å². The standard InChI is InChI=1S/C9H10INO/c1-11(2)8-3-4-9(10)7(5-8)6-12/h3-6H,1-2H3. The Morgan fingerprint density at radius 1 is 1.42 bits per heavy atom. The molecule has 0 aliphatic heterocycles. The molecule has 0 aliphatic rings. The van der Waals surface area contributed by atoms with Gasteiger partial charge in [0.25, 0.3) is 0 Å². The van der Waals surface area contributed by atoms with Crippen molar-refractivity contribution in [1.29, 1.82) is 0 Å². The summed E-state index contributed by atoms with van der Waals surface area (Å²) in [4.78, 5) is 12.6. The molecule has 0 spiro atoms. The van der Waals surface area contributed by atoms with Crippen molar-refractivity contribution in [3.63, 3.8) is 0 Å². The zero-order valence-electron chi connectivity index (χ0n) is 7.04. The predicted octanol–water partition coefficient (Wildman–Crippen LogP) is 2.17. The molecule has 0 saturated carbocycles. The van der Waals surface area contributed by atoms with E-state index in [-0.39, 0.29) is 0 Å². The van der Waals surface area contributed by atoms with Crippen molar-refractivity contribution in [3.8, 4) is 0 Å². The number of carbonyl (C=O) groups is 1. The van der Waals surface area contributed by atoms with E-state index in [2.05, 4.69) is 22.6 Å². The normalized spacial score (nSPS) is 9.58. The Labute approximate surface area is 85.7 Å². The minimum atomic E-state index is 0.752. The molecule has 0 bridgehead atoms. The molecule has 0 N–H and O–H groups in total. The maximum absolute atomic E-state index is 10.6. The summed E-state index contributed by atoms with van der Waals surface area (Å²) in [6, 6.07) is 5.82. The molecule has 0 aromatic heterocycles. The SMILES string of the molecule is CN(C)c1ccc(I)c(C=O)c1. The number of nitrogens with zero attached hydrogens (tertiary/aromatic N) is 1. The van der Waals surface area contributed by atoms with Crippen LogP contribution < -0.4 is 4.90 Å². The van der Waals surface area contributed by atoms with E-state index < -0.39 is 0 Å². The number of aldehydes is 1. The van der Waals surface area contributed by atoms with Gasteiger partial charge in [0.05, 0.1) is 0 Å². The van der Waals surface area contributed by atoms with E-state index in [9.17, 15) is 4.79 Å². The quantitative estimate of drug-likeness (QED) is 0.609. The van der Waals surface area contributed by atoms with Crippen LogP contribution in [0.1, 0.15) is 10.4 Å². The van der Waals surface area contributed by atoms with Crippen molar-refractivity contribution in [2.24, 2.45) is 0 Å². The van der Waals surface area contributed by atoms with Crippen LogP contribution in [0, 0.1) is 3.57 Å². The minimum absolute atomic E-state index is 0.752. The number of anilines is 1. The first kappa shape index (κ1) is 9.51. The Kier molecular flexibility index (Phi) is 3.08. The summed E-state index contributed by atoms with van der Waals surface area (Å²) in [5.41, 5.74) is 1.80. The molecule has 0 radical (unpaired) electrons. The molecule has 0 atom stereocenters. The molecule has 0 heterocycles. The molecule has 0 saturated heterocycles. The van der Waals surface area contributed by atoms with Crippen LogP contribution in [0.3, 0.4) is 0 Å².